The Labute approximate surface area is 52.9 Å². The molecule has 0 aliphatic carbocycles. The van der Waals surface area contributed by atoms with Gasteiger partial charge in [-0.3, -0.25) is 5.10 Å². The molecule has 0 saturated heterocycles. The molecule has 1 radical (unpaired) electrons. The number of rotatable bonds is 2. The molecule has 0 aliphatic rings. The molecular weight excluding hydrogens is 122 g/mol. The Morgan fingerprint density at radius 3 is 3.12 bits per heavy atom. The van der Waals surface area contributed by atoms with E-state index in [1.54, 1.807) is 6.20 Å². The van der Waals surface area contributed by atoms with Gasteiger partial charge in [-0.1, -0.05) is 17.8 Å². The molecule has 1 aromatic rings. The molecule has 0 unspecified atom stereocenters. The van der Waals surface area contributed by atoms with Crippen LogP contribution in [0.15, 0.2) is 6.20 Å². The van der Waals surface area contributed by atoms with Crippen molar-refractivity contribution in [2.45, 2.75) is 6.42 Å². The van der Waals surface area contributed by atoms with Gasteiger partial charge in [0.2, 0.25) is 0 Å². The molecule has 4 heteroatoms. The fourth-order valence-electron chi connectivity index (χ4n) is 0.452. The maximum absolute atomic E-state index is 4.72. The molecule has 1 rings (SSSR count). The summed E-state index contributed by atoms with van der Waals surface area (Å²) >= 11 is 4.72. The van der Waals surface area contributed by atoms with Gasteiger partial charge in [-0.25, -0.2) is 0 Å². The first-order valence-corrected chi connectivity index (χ1v) is 2.94. The topological polar surface area (TPSA) is 41.6 Å². The van der Waals surface area contributed by atoms with Crippen LogP contribution in [0.1, 0.15) is 5.69 Å². The highest BCUT2D eigenvalue weighted by molar-refractivity contribution is 7.80. The van der Waals surface area contributed by atoms with Crippen molar-refractivity contribution in [3.63, 3.8) is 0 Å². The number of nitrogens with zero attached hydrogens (tertiary/aromatic N) is 2. The highest BCUT2D eigenvalue weighted by Crippen LogP contribution is 1.90. The molecular formula is C4H6N3S. The van der Waals surface area contributed by atoms with Crippen molar-refractivity contribution < 1.29 is 0 Å². The first-order chi connectivity index (χ1) is 3.93. The number of aryl methyl sites for hydroxylation is 1. The third-order valence-electron chi connectivity index (χ3n) is 0.826. The van der Waals surface area contributed by atoms with Gasteiger partial charge in [0.15, 0.2) is 0 Å². The van der Waals surface area contributed by atoms with E-state index < -0.39 is 0 Å². The minimum absolute atomic E-state index is 0.715. The van der Waals surface area contributed by atoms with Crippen LogP contribution >= 0.6 is 12.6 Å². The van der Waals surface area contributed by atoms with Crippen LogP contribution in [0.5, 0.6) is 0 Å². The highest BCUT2D eigenvalue weighted by atomic mass is 32.1. The van der Waals surface area contributed by atoms with Crippen LogP contribution < -0.4 is 0 Å². The molecule has 0 fully saturated rings. The van der Waals surface area contributed by atoms with E-state index in [-0.39, 0.29) is 0 Å². The third kappa shape index (κ3) is 1.23. The van der Waals surface area contributed by atoms with Gasteiger partial charge in [0.05, 0.1) is 5.69 Å². The predicted octanol–water partition coefficient (Wildman–Crippen LogP) is 0.545. The molecule has 0 atom stereocenters. The molecule has 43 valence electrons. The molecule has 0 spiro atoms. The van der Waals surface area contributed by atoms with E-state index in [1.807, 2.05) is 0 Å². The Balaban J connectivity index is 2.50. The van der Waals surface area contributed by atoms with Gasteiger partial charge >= 0.3 is 0 Å². The van der Waals surface area contributed by atoms with Crippen LogP contribution in [0, 0.1) is 0 Å². The first-order valence-electron chi connectivity index (χ1n) is 2.37. The predicted molar refractivity (Wildman–Crippen MR) is 32.5 cm³/mol. The van der Waals surface area contributed by atoms with E-state index in [2.05, 4.69) is 15.4 Å². The number of hydrogen-bond donors (Lipinski definition) is 1. The van der Waals surface area contributed by atoms with Crippen molar-refractivity contribution in [1.29, 1.82) is 0 Å². The normalized spacial score (nSPS) is 9.62. The second-order valence-electron chi connectivity index (χ2n) is 1.42. The van der Waals surface area contributed by atoms with Gasteiger partial charge in [0.25, 0.3) is 0 Å². The molecule has 1 heterocycles. The maximum atomic E-state index is 4.72. The molecule has 0 aromatic carbocycles. The summed E-state index contributed by atoms with van der Waals surface area (Å²) in [5.41, 5.74) is 0.944. The lowest BCUT2D eigenvalue weighted by atomic mass is 10.4. The fraction of sp³-hybridized carbons (Fsp3) is 0.500. The molecule has 0 bridgehead atoms. The summed E-state index contributed by atoms with van der Waals surface area (Å²) in [4.78, 5) is 0. The van der Waals surface area contributed by atoms with Crippen LogP contribution in [0.3, 0.4) is 0 Å². The van der Waals surface area contributed by atoms with Crippen molar-refractivity contribution in [3.05, 3.63) is 11.9 Å². The van der Waals surface area contributed by atoms with Gasteiger partial charge < -0.3 is 0 Å². The number of aromatic amines is 1. The molecule has 3 nitrogen and oxygen atoms in total. The zero-order valence-electron chi connectivity index (χ0n) is 4.29. The smallest absolute Gasteiger partial charge is 0.0832 e. The van der Waals surface area contributed by atoms with E-state index in [4.69, 9.17) is 12.6 Å². The van der Waals surface area contributed by atoms with Crippen LogP contribution in [0.2, 0.25) is 0 Å². The summed E-state index contributed by atoms with van der Waals surface area (Å²) < 4.78 is 0. The summed E-state index contributed by atoms with van der Waals surface area (Å²) in [5.74, 6) is 0.715. The average molecular weight is 128 g/mol. The van der Waals surface area contributed by atoms with Crippen molar-refractivity contribution in [2.24, 2.45) is 0 Å². The van der Waals surface area contributed by atoms with E-state index >= 15 is 0 Å². The Morgan fingerprint density at radius 2 is 2.62 bits per heavy atom. The highest BCUT2D eigenvalue weighted by Gasteiger charge is 1.90. The van der Waals surface area contributed by atoms with Crippen molar-refractivity contribution >= 4 is 12.6 Å². The molecule has 0 amide bonds. The van der Waals surface area contributed by atoms with Crippen LogP contribution in [-0.4, -0.2) is 21.2 Å². The zero-order chi connectivity index (χ0) is 5.82. The van der Waals surface area contributed by atoms with E-state index in [0.29, 0.717) is 5.75 Å². The number of nitrogens with one attached hydrogen (secondary N) is 1. The Hall–Kier alpha value is -0.510. The van der Waals surface area contributed by atoms with Gasteiger partial charge in [-0.15, -0.1) is 5.10 Å². The first kappa shape index (κ1) is 5.62. The average Bonchev–Trinajstić information content (AvgIpc) is 2.19. The lowest BCUT2D eigenvalue weighted by molar-refractivity contribution is 0.911. The van der Waals surface area contributed by atoms with Gasteiger partial charge in [-0.2, -0.15) is 0 Å². The molecule has 0 saturated carbocycles. The Bertz CT molecular complexity index is 137. The van der Waals surface area contributed by atoms with Crippen molar-refractivity contribution in [2.75, 3.05) is 5.75 Å². The van der Waals surface area contributed by atoms with Crippen molar-refractivity contribution in [1.82, 2.24) is 15.4 Å². The Kier molecular flexibility index (Phi) is 1.91. The van der Waals surface area contributed by atoms with Crippen LogP contribution in [0.25, 0.3) is 0 Å². The minimum atomic E-state index is 0.715. The van der Waals surface area contributed by atoms with E-state index in [1.165, 1.54) is 0 Å². The second kappa shape index (κ2) is 2.71. The zero-order valence-corrected chi connectivity index (χ0v) is 5.11. The summed E-state index contributed by atoms with van der Waals surface area (Å²) in [6.07, 6.45) is 2.60. The lowest BCUT2D eigenvalue weighted by Crippen LogP contribution is -1.84. The quantitative estimate of drug-likeness (QED) is 0.631. The molecule has 8 heavy (non-hydrogen) atoms. The molecule has 0 aliphatic heterocycles. The maximum Gasteiger partial charge on any atom is 0.0832 e. The number of aromatic nitrogens is 3. The van der Waals surface area contributed by atoms with E-state index in [9.17, 15) is 0 Å². The fourth-order valence-corrected chi connectivity index (χ4v) is 0.661. The summed E-state index contributed by atoms with van der Waals surface area (Å²) in [6.45, 7) is 0. The summed E-state index contributed by atoms with van der Waals surface area (Å²) in [5, 5.41) is 9.86. The molecule has 1 aromatic heterocycles. The van der Waals surface area contributed by atoms with Crippen molar-refractivity contribution in [3.8, 4) is 0 Å². The third-order valence-corrected chi connectivity index (χ3v) is 1.03. The van der Waals surface area contributed by atoms with Crippen LogP contribution in [-0.2, 0) is 6.42 Å². The standard InChI is InChI=1S/C4H6N3S/c8-2-1-4-3-5-7-6-4/h3H,1-2H2,(H,5,6,7). The van der Waals surface area contributed by atoms with E-state index in [0.717, 1.165) is 12.1 Å². The van der Waals surface area contributed by atoms with Crippen LogP contribution in [0.4, 0.5) is 0 Å². The Morgan fingerprint density at radius 1 is 1.75 bits per heavy atom. The molecule has 1 N–H and O–H groups in total. The van der Waals surface area contributed by atoms with Gasteiger partial charge in [-0.05, 0) is 0 Å². The summed E-state index contributed by atoms with van der Waals surface area (Å²) in [7, 11) is 0. The second-order valence-corrected chi connectivity index (χ2v) is 1.83. The van der Waals surface area contributed by atoms with Gasteiger partial charge in [0, 0.05) is 18.4 Å². The monoisotopic (exact) mass is 128 g/mol. The number of hydrogen-bond acceptors (Lipinski definition) is 2. The van der Waals surface area contributed by atoms with Gasteiger partial charge in [0.1, 0.15) is 0 Å². The lowest BCUT2D eigenvalue weighted by Gasteiger charge is -1.81. The largest absolute Gasteiger partial charge is 0.265 e. The SMILES string of the molecule is [S]CCc1c[nH]nn1. The minimum Gasteiger partial charge on any atom is -0.265 e. The number of H-pyrrole nitrogens is 1. The summed E-state index contributed by atoms with van der Waals surface area (Å²) in [6, 6.07) is 0.